The van der Waals surface area contributed by atoms with Crippen LogP contribution < -0.4 is 56.5 Å². The van der Waals surface area contributed by atoms with Gasteiger partial charge in [0.1, 0.15) is 0 Å². The SMILES string of the molecule is O=C([O-])/C=C/c1ccccc1.[K+]. The van der Waals surface area contributed by atoms with E-state index in [1.807, 2.05) is 30.3 Å². The topological polar surface area (TPSA) is 40.1 Å². The Morgan fingerprint density at radius 1 is 1.25 bits per heavy atom. The van der Waals surface area contributed by atoms with E-state index in [1.165, 1.54) is 6.08 Å². The van der Waals surface area contributed by atoms with E-state index in [0.717, 1.165) is 11.6 Å². The van der Waals surface area contributed by atoms with Crippen LogP contribution in [0.1, 0.15) is 5.56 Å². The van der Waals surface area contributed by atoms with Gasteiger partial charge in [-0.2, -0.15) is 0 Å². The largest absolute Gasteiger partial charge is 1.00 e. The summed E-state index contributed by atoms with van der Waals surface area (Å²) in [6.45, 7) is 0. The summed E-state index contributed by atoms with van der Waals surface area (Å²) in [5, 5.41) is 9.97. The van der Waals surface area contributed by atoms with Crippen molar-refractivity contribution in [1.82, 2.24) is 0 Å². The number of carbonyl (C=O) groups excluding carboxylic acids is 1. The summed E-state index contributed by atoms with van der Waals surface area (Å²) < 4.78 is 0. The molecular formula is C9H7KO2. The Hall–Kier alpha value is 0.0664. The van der Waals surface area contributed by atoms with Gasteiger partial charge >= 0.3 is 51.4 Å². The van der Waals surface area contributed by atoms with Crippen LogP contribution in [0.3, 0.4) is 0 Å². The number of benzene rings is 1. The summed E-state index contributed by atoms with van der Waals surface area (Å²) in [5.41, 5.74) is 0.858. The van der Waals surface area contributed by atoms with Crippen LogP contribution in [-0.4, -0.2) is 5.97 Å². The van der Waals surface area contributed by atoms with Crippen molar-refractivity contribution in [2.75, 3.05) is 0 Å². The Kier molecular flexibility index (Phi) is 6.60. The molecule has 1 rings (SSSR count). The number of hydrogen-bond acceptors (Lipinski definition) is 2. The summed E-state index contributed by atoms with van der Waals surface area (Å²) in [4.78, 5) is 9.97. The first-order valence-corrected chi connectivity index (χ1v) is 3.23. The molecule has 0 aliphatic carbocycles. The van der Waals surface area contributed by atoms with E-state index in [4.69, 9.17) is 0 Å². The second kappa shape index (κ2) is 6.57. The smallest absolute Gasteiger partial charge is 0.545 e. The number of aliphatic carboxylic acids is 1. The number of carboxylic acids is 1. The first kappa shape index (κ1) is 12.1. The Morgan fingerprint density at radius 3 is 2.33 bits per heavy atom. The maximum Gasteiger partial charge on any atom is 1.00 e. The minimum absolute atomic E-state index is 0. The molecule has 0 heterocycles. The van der Waals surface area contributed by atoms with Crippen molar-refractivity contribution in [3.8, 4) is 0 Å². The van der Waals surface area contributed by atoms with Gasteiger partial charge < -0.3 is 9.90 Å². The van der Waals surface area contributed by atoms with Crippen molar-refractivity contribution in [2.45, 2.75) is 0 Å². The zero-order valence-electron chi connectivity index (χ0n) is 6.86. The fourth-order valence-electron chi connectivity index (χ4n) is 0.728. The van der Waals surface area contributed by atoms with Crippen molar-refractivity contribution in [2.24, 2.45) is 0 Å². The summed E-state index contributed by atoms with van der Waals surface area (Å²) in [5.74, 6) is -1.17. The molecule has 12 heavy (non-hydrogen) atoms. The standard InChI is InChI=1S/C9H8O2.K/c10-9(11)7-6-8-4-2-1-3-5-8;/h1-7H,(H,10,11);/q;+1/p-1/b7-6+;. The molecule has 3 heteroatoms. The second-order valence-electron chi connectivity index (χ2n) is 2.06. The number of carboxylic acid groups (broad SMARTS) is 1. The molecule has 0 bridgehead atoms. The quantitative estimate of drug-likeness (QED) is 0.377. The van der Waals surface area contributed by atoms with Crippen molar-refractivity contribution in [3.05, 3.63) is 42.0 Å². The van der Waals surface area contributed by atoms with E-state index in [1.54, 1.807) is 0 Å². The molecule has 0 atom stereocenters. The minimum Gasteiger partial charge on any atom is -0.545 e. The van der Waals surface area contributed by atoms with Gasteiger partial charge in [0.15, 0.2) is 0 Å². The van der Waals surface area contributed by atoms with Crippen molar-refractivity contribution < 1.29 is 61.3 Å². The van der Waals surface area contributed by atoms with Gasteiger partial charge in [0.25, 0.3) is 0 Å². The third-order valence-corrected chi connectivity index (χ3v) is 1.21. The maximum atomic E-state index is 9.97. The fourth-order valence-corrected chi connectivity index (χ4v) is 0.728. The summed E-state index contributed by atoms with van der Waals surface area (Å²) in [6, 6.07) is 9.19. The van der Waals surface area contributed by atoms with E-state index in [9.17, 15) is 9.90 Å². The van der Waals surface area contributed by atoms with Gasteiger partial charge in [-0.1, -0.05) is 36.4 Å². The Morgan fingerprint density at radius 2 is 1.83 bits per heavy atom. The molecule has 0 fully saturated rings. The molecule has 56 valence electrons. The van der Waals surface area contributed by atoms with E-state index < -0.39 is 5.97 Å². The van der Waals surface area contributed by atoms with Crippen LogP contribution in [0.5, 0.6) is 0 Å². The Labute approximate surface area is 114 Å². The fraction of sp³-hybridized carbons (Fsp3) is 0. The van der Waals surface area contributed by atoms with Crippen molar-refractivity contribution in [1.29, 1.82) is 0 Å². The second-order valence-corrected chi connectivity index (χ2v) is 2.06. The molecule has 0 saturated heterocycles. The number of rotatable bonds is 2. The molecule has 0 aliphatic rings. The Balaban J connectivity index is 0.00000121. The van der Waals surface area contributed by atoms with E-state index in [2.05, 4.69) is 0 Å². The maximum absolute atomic E-state index is 9.97. The first-order valence-electron chi connectivity index (χ1n) is 3.23. The summed E-state index contributed by atoms with van der Waals surface area (Å²) in [6.07, 6.45) is 2.50. The molecule has 0 aromatic heterocycles. The normalized spacial score (nSPS) is 9.33. The van der Waals surface area contributed by atoms with Gasteiger partial charge in [0.05, 0.1) is 5.97 Å². The van der Waals surface area contributed by atoms with E-state index in [-0.39, 0.29) is 51.4 Å². The van der Waals surface area contributed by atoms with E-state index >= 15 is 0 Å². The van der Waals surface area contributed by atoms with Crippen LogP contribution in [-0.2, 0) is 4.79 Å². The predicted molar refractivity (Wildman–Crippen MR) is 40.5 cm³/mol. The van der Waals surface area contributed by atoms with Gasteiger partial charge in [0.2, 0.25) is 0 Å². The predicted octanol–water partition coefficient (Wildman–Crippen LogP) is -2.55. The summed E-state index contributed by atoms with van der Waals surface area (Å²) in [7, 11) is 0. The first-order chi connectivity index (χ1) is 5.29. The van der Waals surface area contributed by atoms with Crippen LogP contribution in [0.2, 0.25) is 0 Å². The van der Waals surface area contributed by atoms with Crippen LogP contribution in [0, 0.1) is 0 Å². The van der Waals surface area contributed by atoms with Gasteiger partial charge in [-0.15, -0.1) is 0 Å². The molecule has 0 radical (unpaired) electrons. The van der Waals surface area contributed by atoms with Gasteiger partial charge in [-0.05, 0) is 11.6 Å². The molecule has 1 aromatic carbocycles. The van der Waals surface area contributed by atoms with Crippen molar-refractivity contribution >= 4 is 12.0 Å². The zero-order valence-corrected chi connectivity index (χ0v) is 9.98. The summed E-state index contributed by atoms with van der Waals surface area (Å²) >= 11 is 0. The van der Waals surface area contributed by atoms with Crippen LogP contribution >= 0.6 is 0 Å². The number of hydrogen-bond donors (Lipinski definition) is 0. The third-order valence-electron chi connectivity index (χ3n) is 1.21. The average Bonchev–Trinajstić information content (AvgIpc) is 2.03. The molecule has 2 nitrogen and oxygen atoms in total. The Bertz CT molecular complexity index is 267. The van der Waals surface area contributed by atoms with Crippen LogP contribution in [0.25, 0.3) is 6.08 Å². The minimum atomic E-state index is -1.17. The third kappa shape index (κ3) is 4.85. The molecule has 0 unspecified atom stereocenters. The van der Waals surface area contributed by atoms with E-state index in [0.29, 0.717) is 0 Å². The van der Waals surface area contributed by atoms with Gasteiger partial charge in [-0.25, -0.2) is 0 Å². The average molecular weight is 186 g/mol. The van der Waals surface area contributed by atoms with Crippen LogP contribution in [0.15, 0.2) is 36.4 Å². The molecule has 0 spiro atoms. The van der Waals surface area contributed by atoms with Gasteiger partial charge in [0, 0.05) is 0 Å². The monoisotopic (exact) mass is 186 g/mol. The molecule has 1 aromatic rings. The molecule has 0 amide bonds. The van der Waals surface area contributed by atoms with Gasteiger partial charge in [-0.3, -0.25) is 0 Å². The number of carbonyl (C=O) groups is 1. The van der Waals surface area contributed by atoms with Crippen LogP contribution in [0.4, 0.5) is 0 Å². The molecule has 0 N–H and O–H groups in total. The molecule has 0 aliphatic heterocycles. The molecular weight excluding hydrogens is 179 g/mol. The van der Waals surface area contributed by atoms with Crippen molar-refractivity contribution in [3.63, 3.8) is 0 Å². The molecule has 0 saturated carbocycles. The zero-order chi connectivity index (χ0) is 8.10.